The molecule has 142 valence electrons. The first kappa shape index (κ1) is 20.3. The van der Waals surface area contributed by atoms with Gasteiger partial charge in [0.05, 0.1) is 6.04 Å². The van der Waals surface area contributed by atoms with Gasteiger partial charge in [0.15, 0.2) is 0 Å². The minimum Gasteiger partial charge on any atom is -0.383 e. The molecule has 0 amide bonds. The molecule has 2 N–H and O–H groups in total. The highest BCUT2D eigenvalue weighted by Crippen LogP contribution is 2.24. The lowest BCUT2D eigenvalue weighted by atomic mass is 10.0. The van der Waals surface area contributed by atoms with Gasteiger partial charge in [-0.05, 0) is 77.9 Å². The number of nitrogens with one attached hydrogen (secondary N) is 2. The Balaban J connectivity index is 2.19. The second-order valence-electron chi connectivity index (χ2n) is 8.03. The number of anilines is 2. The second-order valence-corrected chi connectivity index (χ2v) is 8.03. The molecule has 0 aliphatic heterocycles. The monoisotopic (exact) mass is 353 g/mol. The van der Waals surface area contributed by atoms with Crippen molar-refractivity contribution in [1.29, 1.82) is 0 Å². The van der Waals surface area contributed by atoms with E-state index in [-0.39, 0.29) is 0 Å². The molecule has 3 heteroatoms. The van der Waals surface area contributed by atoms with Crippen LogP contribution in [-0.2, 0) is 0 Å². The fraction of sp³-hybridized carbons (Fsp3) is 0.478. The molecule has 0 saturated heterocycles. The number of hydrogen-bond acceptors (Lipinski definition) is 3. The molecule has 2 aromatic rings. The molecule has 0 bridgehead atoms. The topological polar surface area (TPSA) is 27.3 Å². The van der Waals surface area contributed by atoms with Crippen LogP contribution in [0.4, 0.5) is 11.4 Å². The predicted octanol–water partition coefficient (Wildman–Crippen LogP) is 4.99. The standard InChI is InChI=1S/C23H35N3/c1-15-9-17(3)22(18(4)10-15)24-13-21(14-26(7)8)25-23-19(5)11-16(2)12-20(23)6/h9-12,21,24-25H,13-14H2,1-8H3. The van der Waals surface area contributed by atoms with Crippen LogP contribution in [0.15, 0.2) is 24.3 Å². The molecule has 0 aliphatic rings. The summed E-state index contributed by atoms with van der Waals surface area (Å²) in [5.41, 5.74) is 10.4. The van der Waals surface area contributed by atoms with Crippen molar-refractivity contribution in [3.63, 3.8) is 0 Å². The van der Waals surface area contributed by atoms with Crippen LogP contribution in [0.1, 0.15) is 33.4 Å². The molecular formula is C23H35N3. The van der Waals surface area contributed by atoms with E-state index >= 15 is 0 Å². The Labute approximate surface area is 159 Å². The summed E-state index contributed by atoms with van der Waals surface area (Å²) in [6.45, 7) is 14.9. The van der Waals surface area contributed by atoms with Crippen molar-refractivity contribution in [2.24, 2.45) is 0 Å². The average molecular weight is 354 g/mol. The molecule has 26 heavy (non-hydrogen) atoms. The van der Waals surface area contributed by atoms with Crippen molar-refractivity contribution in [3.05, 3.63) is 57.6 Å². The highest BCUT2D eigenvalue weighted by Gasteiger charge is 2.14. The molecule has 0 radical (unpaired) electrons. The van der Waals surface area contributed by atoms with E-state index in [9.17, 15) is 0 Å². The number of hydrogen-bond donors (Lipinski definition) is 2. The molecule has 0 aromatic heterocycles. The maximum absolute atomic E-state index is 3.79. The van der Waals surface area contributed by atoms with Crippen molar-refractivity contribution >= 4 is 11.4 Å². The largest absolute Gasteiger partial charge is 0.383 e. The van der Waals surface area contributed by atoms with Crippen molar-refractivity contribution in [3.8, 4) is 0 Å². The van der Waals surface area contributed by atoms with Gasteiger partial charge in [-0.3, -0.25) is 0 Å². The number of nitrogens with zero attached hydrogens (tertiary/aromatic N) is 1. The average Bonchev–Trinajstić information content (AvgIpc) is 2.48. The number of benzene rings is 2. The highest BCUT2D eigenvalue weighted by molar-refractivity contribution is 5.60. The molecule has 2 rings (SSSR count). The van der Waals surface area contributed by atoms with Gasteiger partial charge in [0.1, 0.15) is 0 Å². The van der Waals surface area contributed by atoms with E-state index in [1.807, 2.05) is 0 Å². The Morgan fingerprint density at radius 1 is 0.731 bits per heavy atom. The van der Waals surface area contributed by atoms with Gasteiger partial charge in [-0.1, -0.05) is 35.4 Å². The Kier molecular flexibility index (Phi) is 6.71. The lowest BCUT2D eigenvalue weighted by molar-refractivity contribution is 0.388. The van der Waals surface area contributed by atoms with Gasteiger partial charge in [-0.2, -0.15) is 0 Å². The lowest BCUT2D eigenvalue weighted by Crippen LogP contribution is -2.38. The first-order chi connectivity index (χ1) is 12.2. The number of aryl methyl sites for hydroxylation is 6. The molecule has 0 aliphatic carbocycles. The Morgan fingerprint density at radius 2 is 1.15 bits per heavy atom. The van der Waals surface area contributed by atoms with Crippen LogP contribution in [0.3, 0.4) is 0 Å². The maximum atomic E-state index is 3.79. The first-order valence-electron chi connectivity index (χ1n) is 9.48. The van der Waals surface area contributed by atoms with Crippen LogP contribution in [-0.4, -0.2) is 38.1 Å². The van der Waals surface area contributed by atoms with E-state index in [4.69, 9.17) is 0 Å². The summed E-state index contributed by atoms with van der Waals surface area (Å²) in [6.07, 6.45) is 0. The van der Waals surface area contributed by atoms with Gasteiger partial charge in [-0.15, -0.1) is 0 Å². The van der Waals surface area contributed by atoms with Gasteiger partial charge in [0.25, 0.3) is 0 Å². The van der Waals surface area contributed by atoms with Crippen LogP contribution in [0.2, 0.25) is 0 Å². The fourth-order valence-electron chi connectivity index (χ4n) is 3.90. The van der Waals surface area contributed by atoms with E-state index in [0.717, 1.165) is 13.1 Å². The highest BCUT2D eigenvalue weighted by atomic mass is 15.1. The minimum absolute atomic E-state index is 0.324. The zero-order chi connectivity index (χ0) is 19.4. The Morgan fingerprint density at radius 3 is 1.58 bits per heavy atom. The molecule has 0 fully saturated rings. The number of likely N-dealkylation sites (N-methyl/N-ethyl adjacent to an activating group) is 1. The third-order valence-electron chi connectivity index (χ3n) is 4.81. The summed E-state index contributed by atoms with van der Waals surface area (Å²) in [5.74, 6) is 0. The van der Waals surface area contributed by atoms with Crippen LogP contribution in [0.25, 0.3) is 0 Å². The van der Waals surface area contributed by atoms with E-state index in [2.05, 4.69) is 95.4 Å². The predicted molar refractivity (Wildman–Crippen MR) is 116 cm³/mol. The molecule has 1 atom stereocenters. The third kappa shape index (κ3) is 5.25. The third-order valence-corrected chi connectivity index (χ3v) is 4.81. The molecule has 2 aromatic carbocycles. The Bertz CT molecular complexity index is 716. The fourth-order valence-corrected chi connectivity index (χ4v) is 3.90. The number of rotatable bonds is 7. The van der Waals surface area contributed by atoms with E-state index in [1.165, 1.54) is 44.8 Å². The second kappa shape index (κ2) is 8.59. The molecule has 0 heterocycles. The quantitative estimate of drug-likeness (QED) is 0.734. The van der Waals surface area contributed by atoms with Gasteiger partial charge in [0, 0.05) is 24.5 Å². The van der Waals surface area contributed by atoms with Crippen LogP contribution in [0.5, 0.6) is 0 Å². The zero-order valence-corrected chi connectivity index (χ0v) is 17.7. The van der Waals surface area contributed by atoms with Crippen LogP contribution < -0.4 is 10.6 Å². The molecular weight excluding hydrogens is 318 g/mol. The summed E-state index contributed by atoms with van der Waals surface area (Å²) in [7, 11) is 4.26. The van der Waals surface area contributed by atoms with Gasteiger partial charge >= 0.3 is 0 Å². The molecule has 0 saturated carbocycles. The van der Waals surface area contributed by atoms with Crippen molar-refractivity contribution < 1.29 is 0 Å². The maximum Gasteiger partial charge on any atom is 0.0560 e. The normalized spacial score (nSPS) is 12.3. The van der Waals surface area contributed by atoms with Crippen LogP contribution in [0, 0.1) is 41.5 Å². The van der Waals surface area contributed by atoms with Crippen molar-refractivity contribution in [1.82, 2.24) is 4.90 Å². The van der Waals surface area contributed by atoms with E-state index in [1.54, 1.807) is 0 Å². The van der Waals surface area contributed by atoms with Crippen molar-refractivity contribution in [2.75, 3.05) is 37.8 Å². The lowest BCUT2D eigenvalue weighted by Gasteiger charge is -2.27. The van der Waals surface area contributed by atoms with Gasteiger partial charge in [-0.25, -0.2) is 0 Å². The van der Waals surface area contributed by atoms with Gasteiger partial charge in [0.2, 0.25) is 0 Å². The molecule has 0 spiro atoms. The van der Waals surface area contributed by atoms with E-state index in [0.29, 0.717) is 6.04 Å². The molecule has 3 nitrogen and oxygen atoms in total. The molecule has 1 unspecified atom stereocenters. The summed E-state index contributed by atoms with van der Waals surface area (Å²) in [5, 5.41) is 7.49. The summed E-state index contributed by atoms with van der Waals surface area (Å²) in [4.78, 5) is 2.24. The SMILES string of the molecule is Cc1cc(C)c(NCC(CN(C)C)Nc2c(C)cc(C)cc2C)c(C)c1. The first-order valence-corrected chi connectivity index (χ1v) is 9.48. The summed E-state index contributed by atoms with van der Waals surface area (Å²) < 4.78 is 0. The smallest absolute Gasteiger partial charge is 0.0560 e. The zero-order valence-electron chi connectivity index (χ0n) is 17.7. The minimum atomic E-state index is 0.324. The van der Waals surface area contributed by atoms with Crippen LogP contribution >= 0.6 is 0 Å². The Hall–Kier alpha value is -2.00. The summed E-state index contributed by atoms with van der Waals surface area (Å²) >= 11 is 0. The van der Waals surface area contributed by atoms with Crippen molar-refractivity contribution in [2.45, 2.75) is 47.6 Å². The summed E-state index contributed by atoms with van der Waals surface area (Å²) in [6, 6.07) is 9.33. The van der Waals surface area contributed by atoms with Gasteiger partial charge < -0.3 is 15.5 Å². The van der Waals surface area contributed by atoms with E-state index < -0.39 is 0 Å².